The van der Waals surface area contributed by atoms with Crippen LogP contribution in [0.15, 0.2) is 29.2 Å². The maximum Gasteiger partial charge on any atom is 0.246 e. The summed E-state index contributed by atoms with van der Waals surface area (Å²) >= 11 is 1.68. The number of benzene rings is 1. The minimum atomic E-state index is -3.58. The number of fused-ring (bicyclic) bond motifs is 1. The van der Waals surface area contributed by atoms with E-state index in [1.165, 1.54) is 4.31 Å². The fourth-order valence-corrected chi connectivity index (χ4v) is 7.38. The number of nitrogens with zero attached hydrogens (tertiary/aromatic N) is 3. The zero-order valence-corrected chi connectivity index (χ0v) is 19.3. The third-order valence-corrected chi connectivity index (χ3v) is 9.88. The molecule has 3 aliphatic rings. The van der Waals surface area contributed by atoms with Crippen molar-refractivity contribution >= 4 is 33.6 Å². The summed E-state index contributed by atoms with van der Waals surface area (Å²) in [6.45, 7) is 7.41. The number of hydrogen-bond acceptors (Lipinski definition) is 5. The van der Waals surface area contributed by atoms with Crippen LogP contribution >= 0.6 is 11.8 Å². The first-order chi connectivity index (χ1) is 14.1. The van der Waals surface area contributed by atoms with Gasteiger partial charge in [-0.3, -0.25) is 9.59 Å². The fourth-order valence-electron chi connectivity index (χ4n) is 4.54. The van der Waals surface area contributed by atoms with Gasteiger partial charge in [-0.05, 0) is 37.0 Å². The van der Waals surface area contributed by atoms with E-state index in [0.29, 0.717) is 31.2 Å². The van der Waals surface area contributed by atoms with Gasteiger partial charge in [0.15, 0.2) is 0 Å². The van der Waals surface area contributed by atoms with E-state index in [2.05, 4.69) is 13.8 Å². The third-order valence-electron chi connectivity index (χ3n) is 6.46. The highest BCUT2D eigenvalue weighted by Gasteiger charge is 2.53. The number of hydrogen-bond donors (Lipinski definition) is 0. The highest BCUT2D eigenvalue weighted by Crippen LogP contribution is 2.47. The summed E-state index contributed by atoms with van der Waals surface area (Å²) in [6.07, 6.45) is 1.27. The molecule has 0 bridgehead atoms. The average molecular weight is 452 g/mol. The molecule has 3 aliphatic heterocycles. The van der Waals surface area contributed by atoms with E-state index in [-0.39, 0.29) is 34.7 Å². The van der Waals surface area contributed by atoms with Gasteiger partial charge in [-0.2, -0.15) is 4.31 Å². The van der Waals surface area contributed by atoms with Crippen molar-refractivity contribution < 1.29 is 18.0 Å². The number of rotatable bonds is 4. The van der Waals surface area contributed by atoms with Crippen LogP contribution in [0.2, 0.25) is 0 Å². The van der Waals surface area contributed by atoms with Crippen LogP contribution in [0.1, 0.15) is 45.1 Å². The summed E-state index contributed by atoms with van der Waals surface area (Å²) in [7, 11) is -3.58. The number of piperazine rings is 1. The predicted molar refractivity (Wildman–Crippen MR) is 117 cm³/mol. The maximum atomic E-state index is 13.1. The van der Waals surface area contributed by atoms with Gasteiger partial charge >= 0.3 is 0 Å². The Morgan fingerprint density at radius 2 is 1.77 bits per heavy atom. The van der Waals surface area contributed by atoms with E-state index >= 15 is 0 Å². The van der Waals surface area contributed by atoms with Crippen molar-refractivity contribution in [3.05, 3.63) is 29.8 Å². The third kappa shape index (κ3) is 3.65. The summed E-state index contributed by atoms with van der Waals surface area (Å²) in [5.41, 5.74) is 1.10. The van der Waals surface area contributed by atoms with E-state index < -0.39 is 16.1 Å². The molecule has 3 saturated heterocycles. The molecule has 0 aromatic heterocycles. The molecule has 3 heterocycles. The van der Waals surface area contributed by atoms with E-state index in [9.17, 15) is 18.0 Å². The maximum absolute atomic E-state index is 13.1. The van der Waals surface area contributed by atoms with E-state index in [4.69, 9.17) is 0 Å². The SMILES string of the molecule is CC(C)c1ccc(S(=O)(=O)N2CCN(C(=O)[C@@H]3CS[C@]4(C)CCC(=O)N34)CC2)cc1. The summed E-state index contributed by atoms with van der Waals surface area (Å²) in [5.74, 6) is 0.947. The molecule has 164 valence electrons. The molecule has 0 N–H and O–H groups in total. The van der Waals surface area contributed by atoms with E-state index in [1.807, 2.05) is 19.1 Å². The monoisotopic (exact) mass is 451 g/mol. The van der Waals surface area contributed by atoms with Crippen molar-refractivity contribution in [1.29, 1.82) is 0 Å². The van der Waals surface area contributed by atoms with Crippen LogP contribution in [0.3, 0.4) is 0 Å². The molecule has 0 aliphatic carbocycles. The Hall–Kier alpha value is -1.58. The quantitative estimate of drug-likeness (QED) is 0.701. The average Bonchev–Trinajstić information content (AvgIpc) is 3.23. The fraction of sp³-hybridized carbons (Fsp3) is 0.619. The Labute approximate surface area is 182 Å². The van der Waals surface area contributed by atoms with Crippen molar-refractivity contribution in [2.24, 2.45) is 0 Å². The number of sulfonamides is 1. The highest BCUT2D eigenvalue weighted by atomic mass is 32.2. The van der Waals surface area contributed by atoms with Gasteiger partial charge in [0.1, 0.15) is 6.04 Å². The lowest BCUT2D eigenvalue weighted by atomic mass is 10.0. The van der Waals surface area contributed by atoms with Crippen LogP contribution < -0.4 is 0 Å². The molecular formula is C21H29N3O4S2. The molecule has 9 heteroatoms. The molecule has 1 aromatic rings. The summed E-state index contributed by atoms with van der Waals surface area (Å²) in [6, 6.07) is 6.62. The Balaban J connectivity index is 1.41. The van der Waals surface area contributed by atoms with Crippen molar-refractivity contribution in [3.63, 3.8) is 0 Å². The Morgan fingerprint density at radius 1 is 1.13 bits per heavy atom. The van der Waals surface area contributed by atoms with Crippen LogP contribution in [0, 0.1) is 0 Å². The molecule has 0 spiro atoms. The molecule has 0 saturated carbocycles. The minimum Gasteiger partial charge on any atom is -0.338 e. The highest BCUT2D eigenvalue weighted by molar-refractivity contribution is 8.01. The topological polar surface area (TPSA) is 78.0 Å². The molecule has 0 radical (unpaired) electrons. The summed E-state index contributed by atoms with van der Waals surface area (Å²) < 4.78 is 27.5. The van der Waals surface area contributed by atoms with E-state index in [0.717, 1.165) is 12.0 Å². The van der Waals surface area contributed by atoms with Crippen LogP contribution in [0.5, 0.6) is 0 Å². The number of thioether (sulfide) groups is 1. The van der Waals surface area contributed by atoms with Crippen LogP contribution in [0.25, 0.3) is 0 Å². The molecule has 2 amide bonds. The first-order valence-corrected chi connectivity index (χ1v) is 12.9. The lowest BCUT2D eigenvalue weighted by Crippen LogP contribution is -2.56. The first kappa shape index (κ1) is 21.6. The first-order valence-electron chi connectivity index (χ1n) is 10.5. The molecular weight excluding hydrogens is 422 g/mol. The lowest BCUT2D eigenvalue weighted by molar-refractivity contribution is -0.144. The van der Waals surface area contributed by atoms with Gasteiger partial charge < -0.3 is 9.80 Å². The smallest absolute Gasteiger partial charge is 0.246 e. The van der Waals surface area contributed by atoms with Gasteiger partial charge in [0.2, 0.25) is 21.8 Å². The summed E-state index contributed by atoms with van der Waals surface area (Å²) in [5, 5.41) is 0. The largest absolute Gasteiger partial charge is 0.338 e. The van der Waals surface area contributed by atoms with E-state index in [1.54, 1.807) is 33.7 Å². The van der Waals surface area contributed by atoms with Crippen molar-refractivity contribution in [2.75, 3.05) is 31.9 Å². The standard InChI is InChI=1S/C21H29N3O4S2/c1-15(2)16-4-6-17(7-5-16)30(27,28)23-12-10-22(11-13-23)20(26)18-14-29-21(3)9-8-19(25)24(18)21/h4-7,15,18H,8-14H2,1-3H3/t18-,21+/m0/s1. The Bertz CT molecular complexity index is 940. The lowest BCUT2D eigenvalue weighted by Gasteiger charge is -2.37. The molecule has 4 rings (SSSR count). The normalized spacial score (nSPS) is 27.7. The number of amides is 2. The van der Waals surface area contributed by atoms with Gasteiger partial charge in [0, 0.05) is 38.4 Å². The van der Waals surface area contributed by atoms with Crippen LogP contribution in [-0.2, 0) is 19.6 Å². The second-order valence-electron chi connectivity index (χ2n) is 8.72. The minimum absolute atomic E-state index is 0.0481. The molecule has 30 heavy (non-hydrogen) atoms. The van der Waals surface area contributed by atoms with Gasteiger partial charge in [-0.1, -0.05) is 26.0 Å². The molecule has 0 unspecified atom stereocenters. The molecule has 3 fully saturated rings. The van der Waals surface area contributed by atoms with Crippen molar-refractivity contribution in [2.45, 2.75) is 55.3 Å². The zero-order chi connectivity index (χ0) is 21.7. The van der Waals surface area contributed by atoms with Gasteiger partial charge in [0.25, 0.3) is 0 Å². The number of carbonyl (C=O) groups is 2. The Morgan fingerprint density at radius 3 is 2.37 bits per heavy atom. The second-order valence-corrected chi connectivity index (χ2v) is 12.2. The van der Waals surface area contributed by atoms with Crippen LogP contribution in [0.4, 0.5) is 0 Å². The molecule has 1 aromatic carbocycles. The van der Waals surface area contributed by atoms with Gasteiger partial charge in [-0.15, -0.1) is 11.8 Å². The zero-order valence-electron chi connectivity index (χ0n) is 17.7. The number of carbonyl (C=O) groups excluding carboxylic acids is 2. The van der Waals surface area contributed by atoms with Gasteiger partial charge in [0.05, 0.1) is 9.77 Å². The van der Waals surface area contributed by atoms with Gasteiger partial charge in [-0.25, -0.2) is 8.42 Å². The summed E-state index contributed by atoms with van der Waals surface area (Å²) in [4.78, 5) is 28.9. The van der Waals surface area contributed by atoms with Crippen LogP contribution in [-0.4, -0.2) is 77.2 Å². The predicted octanol–water partition coefficient (Wildman–Crippen LogP) is 2.10. The van der Waals surface area contributed by atoms with Crippen molar-refractivity contribution in [1.82, 2.24) is 14.1 Å². The Kier molecular flexibility index (Phi) is 5.65. The second kappa shape index (κ2) is 7.84. The molecule has 2 atom stereocenters. The van der Waals surface area contributed by atoms with Crippen molar-refractivity contribution in [3.8, 4) is 0 Å². The molecule has 7 nitrogen and oxygen atoms in total.